The molecule has 1 saturated heterocycles. The Labute approximate surface area is 163 Å². The summed E-state index contributed by atoms with van der Waals surface area (Å²) in [6.07, 6.45) is 0.666. The molecule has 5 nitrogen and oxygen atoms in total. The van der Waals surface area contributed by atoms with Crippen LogP contribution < -0.4 is 4.90 Å². The molecule has 0 aromatic heterocycles. The van der Waals surface area contributed by atoms with E-state index < -0.39 is 10.0 Å². The van der Waals surface area contributed by atoms with Crippen LogP contribution in [0.5, 0.6) is 0 Å². The van der Waals surface area contributed by atoms with E-state index in [4.69, 9.17) is 5.26 Å². The van der Waals surface area contributed by atoms with Crippen LogP contribution >= 0.6 is 15.9 Å². The zero-order valence-corrected chi connectivity index (χ0v) is 16.9. The molecule has 1 aliphatic heterocycles. The number of rotatable bonds is 4. The van der Waals surface area contributed by atoms with Crippen LogP contribution in [-0.2, 0) is 16.4 Å². The average molecular weight is 434 g/mol. The number of nitriles is 1. The van der Waals surface area contributed by atoms with Crippen molar-refractivity contribution in [3.8, 4) is 6.07 Å². The number of benzene rings is 2. The fourth-order valence-electron chi connectivity index (χ4n) is 3.15. The normalized spacial score (nSPS) is 15.7. The number of hydrogen-bond acceptors (Lipinski definition) is 4. The molecule has 1 fully saturated rings. The van der Waals surface area contributed by atoms with Gasteiger partial charge in [0, 0.05) is 36.3 Å². The van der Waals surface area contributed by atoms with Gasteiger partial charge in [-0.1, -0.05) is 22.9 Å². The molecule has 0 spiro atoms. The lowest BCUT2D eigenvalue weighted by atomic mass is 10.2. The van der Waals surface area contributed by atoms with Crippen molar-refractivity contribution in [1.29, 1.82) is 5.26 Å². The zero-order valence-electron chi connectivity index (χ0n) is 14.5. The van der Waals surface area contributed by atoms with E-state index in [0.29, 0.717) is 43.1 Å². The van der Waals surface area contributed by atoms with E-state index in [9.17, 15) is 8.42 Å². The van der Waals surface area contributed by atoms with Crippen LogP contribution in [0, 0.1) is 11.3 Å². The molecule has 1 aliphatic rings. The molecule has 0 atom stereocenters. The molecule has 2 aromatic carbocycles. The lowest BCUT2D eigenvalue weighted by Crippen LogP contribution is -2.48. The molecule has 0 bridgehead atoms. The summed E-state index contributed by atoms with van der Waals surface area (Å²) in [7, 11) is -3.50. The summed E-state index contributed by atoms with van der Waals surface area (Å²) in [5.74, 6) is 0. The molecule has 2 aromatic rings. The minimum atomic E-state index is -3.50. The van der Waals surface area contributed by atoms with Gasteiger partial charge in [0.1, 0.15) is 0 Å². The smallest absolute Gasteiger partial charge is 0.243 e. The van der Waals surface area contributed by atoms with Gasteiger partial charge in [0.15, 0.2) is 0 Å². The number of aryl methyl sites for hydroxylation is 1. The number of sulfonamides is 1. The summed E-state index contributed by atoms with van der Waals surface area (Å²) in [6.45, 7) is 4.11. The van der Waals surface area contributed by atoms with Crippen LogP contribution in [0.25, 0.3) is 0 Å². The molecule has 0 aliphatic carbocycles. The highest BCUT2D eigenvalue weighted by atomic mass is 79.9. The van der Waals surface area contributed by atoms with Crippen LogP contribution in [0.1, 0.15) is 18.1 Å². The Morgan fingerprint density at radius 2 is 1.73 bits per heavy atom. The first kappa shape index (κ1) is 18.9. The molecule has 26 heavy (non-hydrogen) atoms. The Kier molecular flexibility index (Phi) is 5.66. The third-order valence-corrected chi connectivity index (χ3v) is 7.11. The zero-order chi connectivity index (χ0) is 18.7. The Bertz CT molecular complexity index is 928. The van der Waals surface area contributed by atoms with Crippen LogP contribution in [0.4, 0.5) is 5.69 Å². The van der Waals surface area contributed by atoms with Crippen LogP contribution in [0.15, 0.2) is 51.8 Å². The minimum Gasteiger partial charge on any atom is -0.369 e. The number of halogens is 1. The van der Waals surface area contributed by atoms with Crippen molar-refractivity contribution in [2.24, 2.45) is 0 Å². The highest BCUT2D eigenvalue weighted by Crippen LogP contribution is 2.26. The van der Waals surface area contributed by atoms with Crippen LogP contribution in [0.2, 0.25) is 0 Å². The molecular formula is C19H20BrN3O2S. The molecule has 0 saturated carbocycles. The maximum Gasteiger partial charge on any atom is 0.243 e. The van der Waals surface area contributed by atoms with Gasteiger partial charge in [-0.2, -0.15) is 9.57 Å². The molecule has 3 rings (SSSR count). The standard InChI is InChI=1S/C19H20BrN3O2S/c1-2-16-13-17(20)5-8-19(16)26(24,25)23-11-9-22(10-12-23)18-6-3-15(14-21)4-7-18/h3-8,13H,2,9-12H2,1H3. The highest BCUT2D eigenvalue weighted by Gasteiger charge is 2.30. The Balaban J connectivity index is 1.75. The lowest BCUT2D eigenvalue weighted by molar-refractivity contribution is 0.384. The maximum atomic E-state index is 13.1. The summed E-state index contributed by atoms with van der Waals surface area (Å²) in [4.78, 5) is 2.55. The van der Waals surface area contributed by atoms with Crippen LogP contribution in [-0.4, -0.2) is 38.9 Å². The molecule has 7 heteroatoms. The third kappa shape index (κ3) is 3.78. The molecule has 0 unspecified atom stereocenters. The van der Waals surface area contributed by atoms with Gasteiger partial charge < -0.3 is 4.90 Å². The fraction of sp³-hybridized carbons (Fsp3) is 0.316. The second-order valence-corrected chi connectivity index (χ2v) is 8.98. The third-order valence-electron chi connectivity index (χ3n) is 4.62. The van der Waals surface area contributed by atoms with Crippen molar-refractivity contribution in [1.82, 2.24) is 4.31 Å². The first-order chi connectivity index (χ1) is 12.5. The summed E-state index contributed by atoms with van der Waals surface area (Å²) in [5.41, 5.74) is 2.46. The Morgan fingerprint density at radius 3 is 2.31 bits per heavy atom. The van der Waals surface area contributed by atoms with Crippen molar-refractivity contribution in [3.05, 3.63) is 58.1 Å². The van der Waals surface area contributed by atoms with Crippen molar-refractivity contribution in [3.63, 3.8) is 0 Å². The first-order valence-corrected chi connectivity index (χ1v) is 10.7. The van der Waals surface area contributed by atoms with Gasteiger partial charge in [0.2, 0.25) is 10.0 Å². The van der Waals surface area contributed by atoms with E-state index in [-0.39, 0.29) is 0 Å². The molecule has 0 radical (unpaired) electrons. The van der Waals surface area contributed by atoms with Gasteiger partial charge in [-0.25, -0.2) is 8.42 Å². The van der Waals surface area contributed by atoms with E-state index in [1.165, 1.54) is 0 Å². The quantitative estimate of drug-likeness (QED) is 0.740. The summed E-state index contributed by atoms with van der Waals surface area (Å²) < 4.78 is 28.6. The maximum absolute atomic E-state index is 13.1. The summed E-state index contributed by atoms with van der Waals surface area (Å²) in [6, 6.07) is 14.8. The van der Waals surface area contributed by atoms with E-state index in [0.717, 1.165) is 15.7 Å². The second kappa shape index (κ2) is 7.78. The summed E-state index contributed by atoms with van der Waals surface area (Å²) >= 11 is 3.41. The van der Waals surface area contributed by atoms with E-state index in [1.807, 2.05) is 25.1 Å². The van der Waals surface area contributed by atoms with Gasteiger partial charge in [-0.05, 0) is 54.4 Å². The lowest BCUT2D eigenvalue weighted by Gasteiger charge is -2.35. The minimum absolute atomic E-state index is 0.398. The van der Waals surface area contributed by atoms with Crippen molar-refractivity contribution < 1.29 is 8.42 Å². The molecule has 0 amide bonds. The van der Waals surface area contributed by atoms with Gasteiger partial charge in [0.25, 0.3) is 0 Å². The van der Waals surface area contributed by atoms with E-state index in [2.05, 4.69) is 26.9 Å². The molecule has 0 N–H and O–H groups in total. The largest absolute Gasteiger partial charge is 0.369 e. The van der Waals surface area contributed by atoms with E-state index in [1.54, 1.807) is 28.6 Å². The molecule has 1 heterocycles. The highest BCUT2D eigenvalue weighted by molar-refractivity contribution is 9.10. The van der Waals surface area contributed by atoms with Gasteiger partial charge in [-0.3, -0.25) is 0 Å². The summed E-state index contributed by atoms with van der Waals surface area (Å²) in [5, 5.41) is 8.89. The van der Waals surface area contributed by atoms with E-state index >= 15 is 0 Å². The number of hydrogen-bond donors (Lipinski definition) is 0. The average Bonchev–Trinajstić information content (AvgIpc) is 2.68. The number of piperazine rings is 1. The van der Waals surface area contributed by atoms with Gasteiger partial charge in [0.05, 0.1) is 16.5 Å². The predicted octanol–water partition coefficient (Wildman–Crippen LogP) is 3.39. The molecular weight excluding hydrogens is 414 g/mol. The fourth-order valence-corrected chi connectivity index (χ4v) is 5.25. The van der Waals surface area contributed by atoms with Crippen LogP contribution in [0.3, 0.4) is 0 Å². The van der Waals surface area contributed by atoms with Gasteiger partial charge in [-0.15, -0.1) is 0 Å². The van der Waals surface area contributed by atoms with Crippen molar-refractivity contribution in [2.45, 2.75) is 18.2 Å². The number of nitrogens with zero attached hydrogens (tertiary/aromatic N) is 3. The predicted molar refractivity (Wildman–Crippen MR) is 106 cm³/mol. The Morgan fingerprint density at radius 1 is 1.08 bits per heavy atom. The van der Waals surface area contributed by atoms with Crippen molar-refractivity contribution in [2.75, 3.05) is 31.1 Å². The number of anilines is 1. The SMILES string of the molecule is CCc1cc(Br)ccc1S(=O)(=O)N1CCN(c2ccc(C#N)cc2)CC1. The van der Waals surface area contributed by atoms with Crippen molar-refractivity contribution >= 4 is 31.6 Å². The topological polar surface area (TPSA) is 64.4 Å². The van der Waals surface area contributed by atoms with Gasteiger partial charge >= 0.3 is 0 Å². The first-order valence-electron chi connectivity index (χ1n) is 8.49. The Hall–Kier alpha value is -1.88. The molecule has 136 valence electrons. The monoisotopic (exact) mass is 433 g/mol. The second-order valence-electron chi connectivity index (χ2n) is 6.16.